The van der Waals surface area contributed by atoms with Gasteiger partial charge < -0.3 is 5.73 Å². The number of nitrogens with zero attached hydrogens (tertiary/aromatic N) is 2. The van der Waals surface area contributed by atoms with E-state index in [-0.39, 0.29) is 5.92 Å². The first kappa shape index (κ1) is 13.8. The predicted octanol–water partition coefficient (Wildman–Crippen LogP) is 3.93. The molecule has 0 bridgehead atoms. The first-order chi connectivity index (χ1) is 8.79. The molecule has 2 heterocycles. The maximum atomic E-state index is 12.4. The molecule has 102 valence electrons. The number of alkyl halides is 3. The molecular formula is C12H12F3N3S. The Kier molecular flexibility index (Phi) is 3.49. The second-order valence-electron chi connectivity index (χ2n) is 4.35. The molecule has 2 aromatic heterocycles. The van der Waals surface area contributed by atoms with Gasteiger partial charge in [-0.15, -0.1) is 11.3 Å². The number of thiazole rings is 1. The number of pyridine rings is 1. The first-order valence-electron chi connectivity index (χ1n) is 5.59. The fourth-order valence-corrected chi connectivity index (χ4v) is 2.51. The Balaban J connectivity index is 2.43. The molecule has 0 radical (unpaired) electrons. The predicted molar refractivity (Wildman–Crippen MR) is 68.8 cm³/mol. The van der Waals surface area contributed by atoms with Gasteiger partial charge in [-0.05, 0) is 18.1 Å². The Labute approximate surface area is 112 Å². The molecule has 2 N–H and O–H groups in total. The summed E-state index contributed by atoms with van der Waals surface area (Å²) in [6.45, 7) is 3.96. The van der Waals surface area contributed by atoms with Gasteiger partial charge in [0.2, 0.25) is 0 Å². The number of halogens is 3. The summed E-state index contributed by atoms with van der Waals surface area (Å²) in [6, 6.07) is 2.32. The molecule has 0 aromatic carbocycles. The lowest BCUT2D eigenvalue weighted by Crippen LogP contribution is -2.07. The third-order valence-electron chi connectivity index (χ3n) is 2.52. The van der Waals surface area contributed by atoms with E-state index in [4.69, 9.17) is 5.73 Å². The van der Waals surface area contributed by atoms with Crippen molar-refractivity contribution in [3.05, 3.63) is 28.9 Å². The average molecular weight is 287 g/mol. The van der Waals surface area contributed by atoms with Gasteiger partial charge in [-0.25, -0.2) is 4.98 Å². The largest absolute Gasteiger partial charge is 0.433 e. The molecule has 0 atom stereocenters. The lowest BCUT2D eigenvalue weighted by Gasteiger charge is -2.07. The Bertz CT molecular complexity index is 573. The summed E-state index contributed by atoms with van der Waals surface area (Å²) in [7, 11) is 0. The molecule has 0 fully saturated rings. The van der Waals surface area contributed by atoms with Gasteiger partial charge in [-0.3, -0.25) is 4.98 Å². The summed E-state index contributed by atoms with van der Waals surface area (Å²) >= 11 is 1.34. The number of nitrogen functional groups attached to an aromatic ring is 1. The molecule has 2 rings (SSSR count). The van der Waals surface area contributed by atoms with Crippen LogP contribution < -0.4 is 5.73 Å². The van der Waals surface area contributed by atoms with E-state index in [0.717, 1.165) is 10.9 Å². The molecule has 0 aliphatic carbocycles. The molecule has 3 nitrogen and oxygen atoms in total. The molecule has 19 heavy (non-hydrogen) atoms. The van der Waals surface area contributed by atoms with Crippen molar-refractivity contribution in [2.75, 3.05) is 5.73 Å². The normalized spacial score (nSPS) is 12.1. The van der Waals surface area contributed by atoms with Crippen LogP contribution in [0.1, 0.15) is 30.3 Å². The molecule has 0 aliphatic heterocycles. The number of hydrogen-bond acceptors (Lipinski definition) is 4. The van der Waals surface area contributed by atoms with Crippen molar-refractivity contribution in [2.24, 2.45) is 0 Å². The molecule has 0 spiro atoms. The third-order valence-corrected chi connectivity index (χ3v) is 3.71. The van der Waals surface area contributed by atoms with E-state index in [1.807, 2.05) is 13.8 Å². The van der Waals surface area contributed by atoms with Crippen LogP contribution in [0, 0.1) is 0 Å². The highest BCUT2D eigenvalue weighted by atomic mass is 32.1. The van der Waals surface area contributed by atoms with E-state index in [1.165, 1.54) is 23.6 Å². The smallest absolute Gasteiger partial charge is 0.375 e. The second kappa shape index (κ2) is 4.80. The molecule has 0 unspecified atom stereocenters. The lowest BCUT2D eigenvalue weighted by molar-refractivity contribution is -0.141. The summed E-state index contributed by atoms with van der Waals surface area (Å²) in [5.41, 5.74) is 5.91. The van der Waals surface area contributed by atoms with Crippen molar-refractivity contribution in [1.82, 2.24) is 9.97 Å². The lowest BCUT2D eigenvalue weighted by atomic mass is 10.1. The van der Waals surface area contributed by atoms with Gasteiger partial charge in [0, 0.05) is 16.6 Å². The van der Waals surface area contributed by atoms with Crippen LogP contribution in [0.15, 0.2) is 18.3 Å². The zero-order valence-electron chi connectivity index (χ0n) is 10.3. The summed E-state index contributed by atoms with van der Waals surface area (Å²) in [5.74, 6) is 0.201. The minimum absolute atomic E-state index is 0.201. The van der Waals surface area contributed by atoms with Gasteiger partial charge in [0.1, 0.15) is 5.69 Å². The highest BCUT2D eigenvalue weighted by Gasteiger charge is 2.32. The highest BCUT2D eigenvalue weighted by molar-refractivity contribution is 7.15. The summed E-state index contributed by atoms with van der Waals surface area (Å²) in [6.07, 6.45) is -3.25. The monoisotopic (exact) mass is 287 g/mol. The molecule has 0 aliphatic rings. The molecular weight excluding hydrogens is 275 g/mol. The van der Waals surface area contributed by atoms with Crippen molar-refractivity contribution < 1.29 is 13.2 Å². The SMILES string of the molecule is CC(C)c1sc(N)nc1-c1ccc(C(F)(F)F)nc1. The fraction of sp³-hybridized carbons (Fsp3) is 0.333. The summed E-state index contributed by atoms with van der Waals surface area (Å²) < 4.78 is 37.3. The van der Waals surface area contributed by atoms with Gasteiger partial charge >= 0.3 is 6.18 Å². The Morgan fingerprint density at radius 1 is 1.26 bits per heavy atom. The van der Waals surface area contributed by atoms with E-state index in [0.29, 0.717) is 16.4 Å². The zero-order valence-corrected chi connectivity index (χ0v) is 11.1. The van der Waals surface area contributed by atoms with Gasteiger partial charge in [-0.1, -0.05) is 13.8 Å². The van der Waals surface area contributed by atoms with Crippen molar-refractivity contribution >= 4 is 16.5 Å². The van der Waals surface area contributed by atoms with Gasteiger partial charge in [0.05, 0.1) is 5.69 Å². The molecule has 0 saturated carbocycles. The van der Waals surface area contributed by atoms with Crippen LogP contribution in [-0.4, -0.2) is 9.97 Å². The second-order valence-corrected chi connectivity index (χ2v) is 5.41. The van der Waals surface area contributed by atoms with E-state index in [9.17, 15) is 13.2 Å². The number of nitrogens with two attached hydrogens (primary N) is 1. The topological polar surface area (TPSA) is 51.8 Å². The quantitative estimate of drug-likeness (QED) is 0.910. The van der Waals surface area contributed by atoms with Crippen LogP contribution in [-0.2, 0) is 6.18 Å². The summed E-state index contributed by atoms with van der Waals surface area (Å²) in [4.78, 5) is 8.55. The molecule has 7 heteroatoms. The van der Waals surface area contributed by atoms with Crippen LogP contribution in [0.3, 0.4) is 0 Å². The van der Waals surface area contributed by atoms with Crippen LogP contribution in [0.25, 0.3) is 11.3 Å². The van der Waals surface area contributed by atoms with Gasteiger partial charge in [0.15, 0.2) is 5.13 Å². The van der Waals surface area contributed by atoms with Crippen molar-refractivity contribution in [3.63, 3.8) is 0 Å². The number of aromatic nitrogens is 2. The number of anilines is 1. The van der Waals surface area contributed by atoms with E-state index < -0.39 is 11.9 Å². The standard InChI is InChI=1S/C12H12F3N3S/c1-6(2)10-9(18-11(16)19-10)7-3-4-8(17-5-7)12(13,14)15/h3-6H,1-2H3,(H2,16,18). The van der Waals surface area contributed by atoms with Crippen LogP contribution in [0.5, 0.6) is 0 Å². The maximum Gasteiger partial charge on any atom is 0.433 e. The summed E-state index contributed by atoms with van der Waals surface area (Å²) in [5, 5.41) is 0.401. The van der Waals surface area contributed by atoms with Gasteiger partial charge in [0.25, 0.3) is 0 Å². The third kappa shape index (κ3) is 2.86. The number of hydrogen-bond donors (Lipinski definition) is 1. The van der Waals surface area contributed by atoms with Crippen LogP contribution >= 0.6 is 11.3 Å². The Hall–Kier alpha value is -1.63. The van der Waals surface area contributed by atoms with Crippen LogP contribution in [0.2, 0.25) is 0 Å². The first-order valence-corrected chi connectivity index (χ1v) is 6.40. The highest BCUT2D eigenvalue weighted by Crippen LogP contribution is 2.35. The minimum atomic E-state index is -4.43. The van der Waals surface area contributed by atoms with Crippen molar-refractivity contribution in [1.29, 1.82) is 0 Å². The average Bonchev–Trinajstić information content (AvgIpc) is 2.70. The number of rotatable bonds is 2. The Morgan fingerprint density at radius 2 is 1.95 bits per heavy atom. The Morgan fingerprint density at radius 3 is 2.42 bits per heavy atom. The van der Waals surface area contributed by atoms with Crippen molar-refractivity contribution in [3.8, 4) is 11.3 Å². The maximum absolute atomic E-state index is 12.4. The molecule has 0 saturated heterocycles. The molecule has 2 aromatic rings. The van der Waals surface area contributed by atoms with E-state index in [1.54, 1.807) is 0 Å². The molecule has 0 amide bonds. The van der Waals surface area contributed by atoms with E-state index >= 15 is 0 Å². The van der Waals surface area contributed by atoms with E-state index in [2.05, 4.69) is 9.97 Å². The van der Waals surface area contributed by atoms with Gasteiger partial charge in [-0.2, -0.15) is 13.2 Å². The van der Waals surface area contributed by atoms with Crippen LogP contribution in [0.4, 0.5) is 18.3 Å². The van der Waals surface area contributed by atoms with Crippen molar-refractivity contribution in [2.45, 2.75) is 25.9 Å². The minimum Gasteiger partial charge on any atom is -0.375 e. The fourth-order valence-electron chi connectivity index (χ4n) is 1.65. The zero-order chi connectivity index (χ0) is 14.2.